The van der Waals surface area contributed by atoms with Gasteiger partial charge in [-0.1, -0.05) is 6.42 Å². The van der Waals surface area contributed by atoms with Crippen LogP contribution < -0.4 is 0 Å². The van der Waals surface area contributed by atoms with Gasteiger partial charge in [-0.2, -0.15) is 0 Å². The van der Waals surface area contributed by atoms with Crippen molar-refractivity contribution in [2.45, 2.75) is 31.7 Å². The highest BCUT2D eigenvalue weighted by Gasteiger charge is 2.40. The molecule has 0 radical (unpaired) electrons. The Hall–Kier alpha value is -0.0800. The third-order valence-electron chi connectivity index (χ3n) is 4.45. The summed E-state index contributed by atoms with van der Waals surface area (Å²) in [6, 6.07) is 0.947. The van der Waals surface area contributed by atoms with Crippen molar-refractivity contribution in [2.24, 2.45) is 11.8 Å². The van der Waals surface area contributed by atoms with Crippen molar-refractivity contribution in [1.29, 1.82) is 0 Å². The maximum Gasteiger partial charge on any atom is 0.0136 e. The summed E-state index contributed by atoms with van der Waals surface area (Å²) >= 11 is 0. The number of hydrogen-bond donors (Lipinski definition) is 0. The van der Waals surface area contributed by atoms with Gasteiger partial charge in [-0.25, -0.2) is 0 Å². The van der Waals surface area contributed by atoms with Crippen LogP contribution in [0.3, 0.4) is 0 Å². The predicted octanol–water partition coefficient (Wildman–Crippen LogP) is 1.42. The predicted molar refractivity (Wildman–Crippen MR) is 58.3 cm³/mol. The second-order valence-electron chi connectivity index (χ2n) is 5.64. The normalized spacial score (nSPS) is 44.8. The summed E-state index contributed by atoms with van der Waals surface area (Å²) in [5, 5.41) is 0. The van der Waals surface area contributed by atoms with E-state index in [4.69, 9.17) is 0 Å². The van der Waals surface area contributed by atoms with Crippen LogP contribution in [0.25, 0.3) is 0 Å². The van der Waals surface area contributed by atoms with Crippen LogP contribution >= 0.6 is 0 Å². The number of nitrogens with zero attached hydrogens (tertiary/aromatic N) is 2. The Bertz CT molecular complexity index is 214. The van der Waals surface area contributed by atoms with E-state index in [1.165, 1.54) is 51.9 Å². The Morgan fingerprint density at radius 3 is 2.93 bits per heavy atom. The molecule has 3 atom stereocenters. The second kappa shape index (κ2) is 3.49. The minimum atomic E-state index is 0.947. The van der Waals surface area contributed by atoms with Crippen molar-refractivity contribution in [3.63, 3.8) is 0 Å². The summed E-state index contributed by atoms with van der Waals surface area (Å²) in [4.78, 5) is 5.36. The summed E-state index contributed by atoms with van der Waals surface area (Å²) in [6.07, 6.45) is 5.93. The highest BCUT2D eigenvalue weighted by Crippen LogP contribution is 2.36. The molecular weight excluding hydrogens is 172 g/mol. The first-order valence-corrected chi connectivity index (χ1v) is 6.25. The van der Waals surface area contributed by atoms with Gasteiger partial charge in [-0.3, -0.25) is 4.90 Å². The number of likely N-dealkylation sites (tertiary alicyclic amines) is 1. The van der Waals surface area contributed by atoms with Gasteiger partial charge in [0.25, 0.3) is 0 Å². The van der Waals surface area contributed by atoms with Crippen LogP contribution in [0.1, 0.15) is 25.7 Å². The molecule has 0 spiro atoms. The van der Waals surface area contributed by atoms with Crippen molar-refractivity contribution in [1.82, 2.24) is 9.80 Å². The SMILES string of the molecule is CN1C[C@H]2C[C@@H](C1)[C@H]1CCCCN1C2. The molecule has 14 heavy (non-hydrogen) atoms. The van der Waals surface area contributed by atoms with Crippen molar-refractivity contribution in [3.05, 3.63) is 0 Å². The van der Waals surface area contributed by atoms with Gasteiger partial charge in [0.15, 0.2) is 0 Å². The minimum Gasteiger partial charge on any atom is -0.306 e. The average Bonchev–Trinajstić information content (AvgIpc) is 2.17. The molecule has 0 N–H and O–H groups in total. The highest BCUT2D eigenvalue weighted by molar-refractivity contribution is 4.94. The van der Waals surface area contributed by atoms with E-state index >= 15 is 0 Å². The first-order valence-electron chi connectivity index (χ1n) is 6.25. The van der Waals surface area contributed by atoms with Crippen molar-refractivity contribution in [2.75, 3.05) is 33.2 Å². The van der Waals surface area contributed by atoms with Crippen molar-refractivity contribution in [3.8, 4) is 0 Å². The number of fused-ring (bicyclic) bond motifs is 4. The molecule has 80 valence electrons. The van der Waals surface area contributed by atoms with Gasteiger partial charge >= 0.3 is 0 Å². The zero-order valence-corrected chi connectivity index (χ0v) is 9.28. The maximum absolute atomic E-state index is 2.80. The zero-order chi connectivity index (χ0) is 9.54. The van der Waals surface area contributed by atoms with Crippen LogP contribution in [0.2, 0.25) is 0 Å². The molecule has 0 aromatic rings. The van der Waals surface area contributed by atoms with Crippen LogP contribution in [0, 0.1) is 11.8 Å². The first kappa shape index (κ1) is 9.17. The lowest BCUT2D eigenvalue weighted by atomic mass is 9.76. The minimum absolute atomic E-state index is 0.947. The standard InChI is InChI=1S/C12H22N2/c1-13-7-10-6-11(9-13)12-4-2-3-5-14(12)8-10/h10-12H,2-9H2,1H3/t10-,11+,12-/m1/s1. The van der Waals surface area contributed by atoms with Crippen molar-refractivity contribution >= 4 is 0 Å². The van der Waals surface area contributed by atoms with Gasteiger partial charge < -0.3 is 4.90 Å². The van der Waals surface area contributed by atoms with Gasteiger partial charge in [-0.15, -0.1) is 0 Å². The van der Waals surface area contributed by atoms with Gasteiger partial charge in [-0.05, 0) is 44.7 Å². The van der Waals surface area contributed by atoms with E-state index in [9.17, 15) is 0 Å². The van der Waals surface area contributed by atoms with E-state index in [2.05, 4.69) is 16.8 Å². The summed E-state index contributed by atoms with van der Waals surface area (Å²) in [7, 11) is 2.30. The smallest absolute Gasteiger partial charge is 0.0136 e. The van der Waals surface area contributed by atoms with E-state index < -0.39 is 0 Å². The van der Waals surface area contributed by atoms with Gasteiger partial charge in [0.2, 0.25) is 0 Å². The monoisotopic (exact) mass is 194 g/mol. The molecule has 3 aliphatic heterocycles. The fraction of sp³-hybridized carbons (Fsp3) is 1.00. The topological polar surface area (TPSA) is 6.48 Å². The molecule has 2 bridgehead atoms. The van der Waals surface area contributed by atoms with E-state index in [-0.39, 0.29) is 0 Å². The lowest BCUT2D eigenvalue weighted by molar-refractivity contribution is -0.0231. The summed E-state index contributed by atoms with van der Waals surface area (Å²) in [6.45, 7) is 5.49. The third-order valence-corrected chi connectivity index (χ3v) is 4.45. The Balaban J connectivity index is 1.76. The first-order chi connectivity index (χ1) is 6.83. The second-order valence-corrected chi connectivity index (χ2v) is 5.64. The molecule has 0 saturated carbocycles. The molecule has 2 nitrogen and oxygen atoms in total. The van der Waals surface area contributed by atoms with Crippen LogP contribution in [0.4, 0.5) is 0 Å². The average molecular weight is 194 g/mol. The fourth-order valence-corrected chi connectivity index (χ4v) is 4.01. The molecule has 0 aromatic carbocycles. The molecule has 3 aliphatic rings. The van der Waals surface area contributed by atoms with Gasteiger partial charge in [0, 0.05) is 25.7 Å². The molecule has 3 fully saturated rings. The van der Waals surface area contributed by atoms with Crippen LogP contribution in [-0.4, -0.2) is 49.1 Å². The molecule has 0 aromatic heterocycles. The molecule has 3 saturated heterocycles. The van der Waals surface area contributed by atoms with E-state index in [1.807, 2.05) is 0 Å². The molecule has 2 heteroatoms. The Kier molecular flexibility index (Phi) is 2.29. The molecule has 0 amide bonds. The summed E-state index contributed by atoms with van der Waals surface area (Å²) in [5.74, 6) is 1.97. The Morgan fingerprint density at radius 1 is 1.07 bits per heavy atom. The lowest BCUT2D eigenvalue weighted by Crippen LogP contribution is -2.58. The molecular formula is C12H22N2. The van der Waals surface area contributed by atoms with E-state index in [0.717, 1.165) is 17.9 Å². The Morgan fingerprint density at radius 2 is 2.00 bits per heavy atom. The van der Waals surface area contributed by atoms with Gasteiger partial charge in [0.1, 0.15) is 0 Å². The molecule has 3 heterocycles. The van der Waals surface area contributed by atoms with Crippen LogP contribution in [0.15, 0.2) is 0 Å². The number of rotatable bonds is 0. The number of hydrogen-bond acceptors (Lipinski definition) is 2. The summed E-state index contributed by atoms with van der Waals surface area (Å²) in [5.41, 5.74) is 0. The van der Waals surface area contributed by atoms with E-state index in [1.54, 1.807) is 0 Å². The largest absolute Gasteiger partial charge is 0.306 e. The fourth-order valence-electron chi connectivity index (χ4n) is 4.01. The van der Waals surface area contributed by atoms with Crippen molar-refractivity contribution < 1.29 is 0 Å². The molecule has 0 unspecified atom stereocenters. The van der Waals surface area contributed by atoms with Gasteiger partial charge in [0.05, 0.1) is 0 Å². The third kappa shape index (κ3) is 1.49. The summed E-state index contributed by atoms with van der Waals surface area (Å²) < 4.78 is 0. The lowest BCUT2D eigenvalue weighted by Gasteiger charge is -2.52. The zero-order valence-electron chi connectivity index (χ0n) is 9.28. The molecule has 3 rings (SSSR count). The van der Waals surface area contributed by atoms with Crippen LogP contribution in [0.5, 0.6) is 0 Å². The number of piperidine rings is 3. The molecule has 0 aliphatic carbocycles. The quantitative estimate of drug-likeness (QED) is 0.575. The highest BCUT2D eigenvalue weighted by atomic mass is 15.2. The maximum atomic E-state index is 2.80. The van der Waals surface area contributed by atoms with Crippen LogP contribution in [-0.2, 0) is 0 Å². The van der Waals surface area contributed by atoms with E-state index in [0.29, 0.717) is 0 Å². The Labute approximate surface area is 87.3 Å².